The van der Waals surface area contributed by atoms with Crippen LogP contribution in [0.5, 0.6) is 0 Å². The van der Waals surface area contributed by atoms with Gasteiger partial charge in [0.05, 0.1) is 16.6 Å². The summed E-state index contributed by atoms with van der Waals surface area (Å²) in [5.74, 6) is -1.16. The number of nitrogens with one attached hydrogen (secondary N) is 1. The van der Waals surface area contributed by atoms with Crippen LogP contribution in [0.25, 0.3) is 6.08 Å². The highest BCUT2D eigenvalue weighted by Crippen LogP contribution is 2.26. The molecule has 0 aromatic heterocycles. The lowest BCUT2D eigenvalue weighted by atomic mass is 10.2. The molecule has 25 heavy (non-hydrogen) atoms. The van der Waals surface area contributed by atoms with E-state index in [0.29, 0.717) is 21.3 Å². The number of hydrogen-bond acceptors (Lipinski definition) is 2. The summed E-state index contributed by atoms with van der Waals surface area (Å²) in [5.41, 5.74) is 1.06. The van der Waals surface area contributed by atoms with Crippen molar-refractivity contribution in [3.8, 4) is 0 Å². The van der Waals surface area contributed by atoms with E-state index in [1.807, 2.05) is 0 Å². The van der Waals surface area contributed by atoms with Crippen LogP contribution in [-0.4, -0.2) is 30.3 Å². The molecule has 1 N–H and O–H groups in total. The molecule has 0 saturated heterocycles. The largest absolute Gasteiger partial charge is 0.333 e. The normalized spacial score (nSPS) is 10.7. The van der Waals surface area contributed by atoms with Crippen molar-refractivity contribution in [1.82, 2.24) is 4.90 Å². The topological polar surface area (TPSA) is 49.4 Å². The van der Waals surface area contributed by atoms with E-state index in [1.54, 1.807) is 18.2 Å². The van der Waals surface area contributed by atoms with Crippen molar-refractivity contribution in [1.29, 1.82) is 0 Å². The zero-order valence-corrected chi connectivity index (χ0v) is 14.8. The Morgan fingerprint density at radius 2 is 1.84 bits per heavy atom. The Morgan fingerprint density at radius 3 is 2.52 bits per heavy atom. The maximum absolute atomic E-state index is 12.8. The number of halogens is 3. The molecule has 7 heteroatoms. The Bertz CT molecular complexity index is 807. The van der Waals surface area contributed by atoms with E-state index in [1.165, 1.54) is 48.4 Å². The second-order valence-corrected chi connectivity index (χ2v) is 6.01. The molecule has 2 rings (SSSR count). The van der Waals surface area contributed by atoms with Gasteiger partial charge in [-0.05, 0) is 42.0 Å². The number of likely N-dealkylation sites (N-methyl/N-ethyl adjacent to an activating group) is 1. The van der Waals surface area contributed by atoms with Crippen LogP contribution in [-0.2, 0) is 9.59 Å². The Morgan fingerprint density at radius 1 is 1.16 bits per heavy atom. The van der Waals surface area contributed by atoms with Gasteiger partial charge in [0, 0.05) is 18.8 Å². The standard InChI is InChI=1S/C18H15Cl2FN2O2/c1-23(11-16(24)22-14-8-6-13(21)7-9-14)17(25)10-5-12-3-2-4-15(19)18(12)20/h2-10H,11H2,1H3,(H,22,24)/b10-5+. The summed E-state index contributed by atoms with van der Waals surface area (Å²) >= 11 is 12.0. The molecule has 0 saturated carbocycles. The molecule has 2 aromatic carbocycles. The lowest BCUT2D eigenvalue weighted by Gasteiger charge is -2.15. The van der Waals surface area contributed by atoms with E-state index in [4.69, 9.17) is 23.2 Å². The van der Waals surface area contributed by atoms with Crippen LogP contribution >= 0.6 is 23.2 Å². The molecule has 4 nitrogen and oxygen atoms in total. The van der Waals surface area contributed by atoms with Gasteiger partial charge in [0.1, 0.15) is 5.82 Å². The van der Waals surface area contributed by atoms with Crippen LogP contribution in [0.1, 0.15) is 5.56 Å². The molecule has 2 aromatic rings. The number of carbonyl (C=O) groups excluding carboxylic acids is 2. The van der Waals surface area contributed by atoms with Crippen LogP contribution in [0.3, 0.4) is 0 Å². The molecule has 0 spiro atoms. The van der Waals surface area contributed by atoms with Gasteiger partial charge in [-0.1, -0.05) is 35.3 Å². The summed E-state index contributed by atoms with van der Waals surface area (Å²) in [5, 5.41) is 3.33. The minimum absolute atomic E-state index is 0.149. The van der Waals surface area contributed by atoms with Crippen molar-refractivity contribution < 1.29 is 14.0 Å². The summed E-state index contributed by atoms with van der Waals surface area (Å²) in [4.78, 5) is 25.2. The zero-order valence-electron chi connectivity index (χ0n) is 13.3. The first-order valence-corrected chi connectivity index (χ1v) is 8.05. The van der Waals surface area contributed by atoms with Crippen molar-refractivity contribution in [3.05, 3.63) is 70.0 Å². The summed E-state index contributed by atoms with van der Waals surface area (Å²) in [6, 6.07) is 10.4. The lowest BCUT2D eigenvalue weighted by molar-refractivity contribution is -0.129. The maximum atomic E-state index is 12.8. The van der Waals surface area contributed by atoms with E-state index < -0.39 is 11.7 Å². The predicted octanol–water partition coefficient (Wildman–Crippen LogP) is 4.24. The molecule has 0 unspecified atom stereocenters. The van der Waals surface area contributed by atoms with E-state index in [-0.39, 0.29) is 12.5 Å². The number of amides is 2. The first kappa shape index (κ1) is 19.0. The van der Waals surface area contributed by atoms with E-state index in [9.17, 15) is 14.0 Å². The second-order valence-electron chi connectivity index (χ2n) is 5.23. The fraction of sp³-hybridized carbons (Fsp3) is 0.111. The first-order valence-electron chi connectivity index (χ1n) is 7.29. The number of carbonyl (C=O) groups is 2. The zero-order chi connectivity index (χ0) is 18.4. The van der Waals surface area contributed by atoms with Gasteiger partial charge in [0.2, 0.25) is 11.8 Å². The minimum atomic E-state index is -0.393. The van der Waals surface area contributed by atoms with Gasteiger partial charge >= 0.3 is 0 Å². The third kappa shape index (κ3) is 5.59. The molecule has 0 atom stereocenters. The third-order valence-electron chi connectivity index (χ3n) is 3.27. The fourth-order valence-corrected chi connectivity index (χ4v) is 2.34. The van der Waals surface area contributed by atoms with E-state index >= 15 is 0 Å². The van der Waals surface area contributed by atoms with E-state index in [0.717, 1.165) is 0 Å². The van der Waals surface area contributed by atoms with Gasteiger partial charge in [0.15, 0.2) is 0 Å². The van der Waals surface area contributed by atoms with Gasteiger partial charge < -0.3 is 10.2 Å². The number of benzene rings is 2. The lowest BCUT2D eigenvalue weighted by Crippen LogP contribution is -2.33. The smallest absolute Gasteiger partial charge is 0.246 e. The molecule has 0 fully saturated rings. The molecule has 0 bridgehead atoms. The van der Waals surface area contributed by atoms with Gasteiger partial charge in [-0.2, -0.15) is 0 Å². The molecule has 0 aliphatic carbocycles. The maximum Gasteiger partial charge on any atom is 0.246 e. The second kappa shape index (κ2) is 8.65. The van der Waals surface area contributed by atoms with Crippen LogP contribution in [0.4, 0.5) is 10.1 Å². The Labute approximate surface area is 154 Å². The number of rotatable bonds is 5. The van der Waals surface area contributed by atoms with Gasteiger partial charge in [0.25, 0.3) is 0 Å². The monoisotopic (exact) mass is 380 g/mol. The highest BCUT2D eigenvalue weighted by Gasteiger charge is 2.11. The molecule has 0 aliphatic heterocycles. The van der Waals surface area contributed by atoms with Crippen LogP contribution < -0.4 is 5.32 Å². The van der Waals surface area contributed by atoms with Crippen molar-refractivity contribution >= 4 is 46.8 Å². The average molecular weight is 381 g/mol. The number of hydrogen-bond donors (Lipinski definition) is 1. The molecule has 2 amide bonds. The quantitative estimate of drug-likeness (QED) is 0.788. The highest BCUT2D eigenvalue weighted by atomic mass is 35.5. The Hall–Kier alpha value is -2.37. The summed E-state index contributed by atoms with van der Waals surface area (Å²) in [6.07, 6.45) is 2.84. The van der Waals surface area contributed by atoms with Gasteiger partial charge in [-0.3, -0.25) is 9.59 Å². The van der Waals surface area contributed by atoms with Gasteiger partial charge in [-0.15, -0.1) is 0 Å². The molecule has 0 radical (unpaired) electrons. The van der Waals surface area contributed by atoms with Crippen LogP contribution in [0, 0.1) is 5.82 Å². The average Bonchev–Trinajstić information content (AvgIpc) is 2.58. The molecular formula is C18H15Cl2FN2O2. The summed E-state index contributed by atoms with van der Waals surface area (Å²) in [6.45, 7) is -0.149. The van der Waals surface area contributed by atoms with E-state index in [2.05, 4.69) is 5.32 Å². The number of anilines is 1. The molecular weight excluding hydrogens is 366 g/mol. The highest BCUT2D eigenvalue weighted by molar-refractivity contribution is 6.42. The van der Waals surface area contributed by atoms with Crippen LogP contribution in [0.2, 0.25) is 10.0 Å². The van der Waals surface area contributed by atoms with Crippen molar-refractivity contribution in [2.45, 2.75) is 0 Å². The molecule has 0 heterocycles. The SMILES string of the molecule is CN(CC(=O)Nc1ccc(F)cc1)C(=O)/C=C/c1cccc(Cl)c1Cl. The molecule has 130 valence electrons. The van der Waals surface area contributed by atoms with Crippen LogP contribution in [0.15, 0.2) is 48.5 Å². The first-order chi connectivity index (χ1) is 11.9. The Balaban J connectivity index is 1.93. The summed E-state index contributed by atoms with van der Waals surface area (Å²) in [7, 11) is 1.50. The minimum Gasteiger partial charge on any atom is -0.333 e. The fourth-order valence-electron chi connectivity index (χ4n) is 1.96. The summed E-state index contributed by atoms with van der Waals surface area (Å²) < 4.78 is 12.8. The Kier molecular flexibility index (Phi) is 6.56. The van der Waals surface area contributed by atoms with Gasteiger partial charge in [-0.25, -0.2) is 4.39 Å². The van der Waals surface area contributed by atoms with Crippen molar-refractivity contribution in [2.24, 2.45) is 0 Å². The molecule has 0 aliphatic rings. The third-order valence-corrected chi connectivity index (χ3v) is 4.11. The van der Waals surface area contributed by atoms with Crippen molar-refractivity contribution in [3.63, 3.8) is 0 Å². The predicted molar refractivity (Wildman–Crippen MR) is 98.2 cm³/mol. The number of nitrogens with zero attached hydrogens (tertiary/aromatic N) is 1. The van der Waals surface area contributed by atoms with Crippen molar-refractivity contribution in [2.75, 3.05) is 18.9 Å².